The molecule has 0 aliphatic carbocycles. The second-order valence-electron chi connectivity index (χ2n) is 5.70. The molecule has 0 radical (unpaired) electrons. The van der Waals surface area contributed by atoms with E-state index in [1.165, 1.54) is 0 Å². The molecule has 5 heteroatoms. The molecule has 30 heavy (non-hydrogen) atoms. The fourth-order valence-corrected chi connectivity index (χ4v) is 2.13. The van der Waals surface area contributed by atoms with Gasteiger partial charge in [-0.25, -0.2) is 0 Å². The zero-order valence-corrected chi connectivity index (χ0v) is 16.0. The van der Waals surface area contributed by atoms with Gasteiger partial charge in [0, 0.05) is 38.9 Å². The van der Waals surface area contributed by atoms with Crippen LogP contribution in [0.4, 0.5) is 0 Å². The van der Waals surface area contributed by atoms with Crippen LogP contribution in [0.15, 0.2) is 48.5 Å². The first-order valence-corrected chi connectivity index (χ1v) is 8.90. The maximum atomic E-state index is 10.8. The topological polar surface area (TPSA) is 82.0 Å². The minimum atomic E-state index is -4.38. The molecule has 2 aromatic carbocycles. The second kappa shape index (κ2) is 15.0. The SMILES string of the molecule is [2H]c1c([2H])c(C([2H])(O)CNC([2H])([2H])C([2H])([2H])C([2H])([2H])C([2H])([2H])C([2H])([2H])C([2H])([2H])OC([2H])([2H])CCCc2ccccc2)c([2H])c(C([2H])([2H])O)c1O. The van der Waals surface area contributed by atoms with Gasteiger partial charge in [0.2, 0.25) is 0 Å². The van der Waals surface area contributed by atoms with Crippen LogP contribution < -0.4 is 5.32 Å². The van der Waals surface area contributed by atoms with E-state index >= 15 is 0 Å². The van der Waals surface area contributed by atoms with Gasteiger partial charge in [0.05, 0.1) is 26.3 Å². The molecule has 0 aromatic heterocycles. The highest BCUT2D eigenvalue weighted by Gasteiger charge is 2.09. The van der Waals surface area contributed by atoms with Gasteiger partial charge in [0.15, 0.2) is 0 Å². The Morgan fingerprint density at radius 2 is 1.87 bits per heavy atom. The summed E-state index contributed by atoms with van der Waals surface area (Å²) in [6.45, 7) is -16.0. The van der Waals surface area contributed by atoms with Crippen LogP contribution in [0.25, 0.3) is 0 Å². The molecule has 2 aromatic rings. The van der Waals surface area contributed by atoms with Crippen molar-refractivity contribution in [3.8, 4) is 5.75 Å². The number of aromatic hydroxyl groups is 1. The second-order valence-corrected chi connectivity index (χ2v) is 5.70. The molecule has 166 valence electrons. The number of aryl methyl sites for hydroxylation is 1. The maximum absolute atomic E-state index is 10.8. The third-order valence-electron chi connectivity index (χ3n) is 3.55. The van der Waals surface area contributed by atoms with Crippen molar-refractivity contribution in [2.45, 2.75) is 57.4 Å². The largest absolute Gasteiger partial charge is 0.508 e. The molecule has 0 fully saturated rings. The van der Waals surface area contributed by atoms with Crippen LogP contribution in [0.2, 0.25) is 0 Å². The Morgan fingerprint density at radius 1 is 1.07 bits per heavy atom. The van der Waals surface area contributed by atoms with Crippen LogP contribution in [-0.4, -0.2) is 41.5 Å². The van der Waals surface area contributed by atoms with Crippen molar-refractivity contribution in [3.63, 3.8) is 0 Å². The third kappa shape index (κ3) is 9.72. The molecule has 1 atom stereocenters. The van der Waals surface area contributed by atoms with E-state index in [9.17, 15) is 15.3 Å². The van der Waals surface area contributed by atoms with E-state index in [1.807, 2.05) is 0 Å². The van der Waals surface area contributed by atoms with Crippen molar-refractivity contribution in [3.05, 3.63) is 65.1 Å². The smallest absolute Gasteiger partial charge is 0.121 e. The number of benzene rings is 2. The van der Waals surface area contributed by atoms with Gasteiger partial charge in [0.25, 0.3) is 0 Å². The Kier molecular flexibility index (Phi) is 4.26. The summed E-state index contributed by atoms with van der Waals surface area (Å²) in [4.78, 5) is 0. The van der Waals surface area contributed by atoms with Gasteiger partial charge in [-0.3, -0.25) is 0 Å². The standard InChI is InChI=1S/C25H37NO4/c27-20-23-18-22(13-14-24(23)28)25(29)19-26-15-7-1-2-8-16-30-17-9-6-12-21-10-4-3-5-11-21/h3-5,10-11,13-14,18,25-29H,1-2,6-9,12,15-17,19-20H2/i1D2,2D2,7D2,8D2,13D,14D,15D2,16D2,17D2,18D,20D2,25D. The average Bonchev–Trinajstić information content (AvgIpc) is 2.93. The van der Waals surface area contributed by atoms with Crippen molar-refractivity contribution in [2.75, 3.05) is 26.2 Å². The van der Waals surface area contributed by atoms with Gasteiger partial charge in [-0.1, -0.05) is 49.1 Å². The number of hydrogen-bond donors (Lipinski definition) is 4. The van der Waals surface area contributed by atoms with Crippen LogP contribution in [0, 0.1) is 0 Å². The van der Waals surface area contributed by atoms with Crippen LogP contribution in [0.1, 0.15) is 88.5 Å². The first-order chi connectivity index (χ1) is 22.1. The summed E-state index contributed by atoms with van der Waals surface area (Å²) in [7, 11) is 0. The predicted octanol–water partition coefficient (Wildman–Crippen LogP) is 4.11. The number of aliphatic hydroxyl groups is 2. The Balaban J connectivity index is 2.40. The molecule has 1 unspecified atom stereocenters. The fraction of sp³-hybridized carbons (Fsp3) is 0.520. The van der Waals surface area contributed by atoms with E-state index in [2.05, 4.69) is 0 Å². The predicted molar refractivity (Wildman–Crippen MR) is 121 cm³/mol. The summed E-state index contributed by atoms with van der Waals surface area (Å²) in [6.07, 6.45) is -20.9. The number of nitrogens with one attached hydrogen (secondary N) is 1. The number of ether oxygens (including phenoxy) is 1. The number of phenols is 1. The highest BCUT2D eigenvalue weighted by Crippen LogP contribution is 2.22. The summed E-state index contributed by atoms with van der Waals surface area (Å²) in [5, 5.41) is 32.1. The highest BCUT2D eigenvalue weighted by atomic mass is 16.5. The van der Waals surface area contributed by atoms with Gasteiger partial charge >= 0.3 is 0 Å². The summed E-state index contributed by atoms with van der Waals surface area (Å²) in [5.74, 6) is -1.39. The molecule has 0 aliphatic rings. The van der Waals surface area contributed by atoms with E-state index in [0.29, 0.717) is 6.42 Å². The molecule has 0 saturated heterocycles. The van der Waals surface area contributed by atoms with Crippen molar-refractivity contribution in [2.24, 2.45) is 0 Å². The molecule has 0 heterocycles. The summed E-state index contributed by atoms with van der Waals surface area (Å²) in [6, 6.07) is 4.79. The van der Waals surface area contributed by atoms with Crippen LogP contribution in [0.3, 0.4) is 0 Å². The van der Waals surface area contributed by atoms with Crippen LogP contribution in [-0.2, 0) is 17.7 Å². The van der Waals surface area contributed by atoms with E-state index in [0.717, 1.165) is 5.56 Å². The zero-order chi connectivity index (χ0) is 39.3. The van der Waals surface area contributed by atoms with Gasteiger partial charge < -0.3 is 25.4 Å². The van der Waals surface area contributed by atoms with E-state index in [4.69, 9.17) is 32.2 Å². The normalized spacial score (nSPS) is 26.9. The van der Waals surface area contributed by atoms with Crippen molar-refractivity contribution in [1.29, 1.82) is 0 Å². The van der Waals surface area contributed by atoms with E-state index in [-0.39, 0.29) is 6.42 Å². The molecule has 0 spiro atoms. The summed E-state index contributed by atoms with van der Waals surface area (Å²) >= 11 is 0. The zero-order valence-electron chi connectivity index (χ0n) is 36.0. The molecule has 0 bridgehead atoms. The molecule has 4 N–H and O–H groups in total. The van der Waals surface area contributed by atoms with E-state index < -0.39 is 106 Å². The molecule has 2 rings (SSSR count). The van der Waals surface area contributed by atoms with Gasteiger partial charge in [-0.2, -0.15) is 0 Å². The van der Waals surface area contributed by atoms with Crippen molar-refractivity contribution >= 4 is 0 Å². The monoisotopic (exact) mass is 435 g/mol. The lowest BCUT2D eigenvalue weighted by Crippen LogP contribution is -2.22. The molecule has 0 amide bonds. The minimum Gasteiger partial charge on any atom is -0.508 e. The lowest BCUT2D eigenvalue weighted by atomic mass is 10.1. The molecule has 0 aliphatic heterocycles. The lowest BCUT2D eigenvalue weighted by molar-refractivity contribution is 0.126. The van der Waals surface area contributed by atoms with E-state index in [1.54, 1.807) is 35.6 Å². The Labute approximate surface area is 208 Å². The molecular formula is C25H37NO4. The average molecular weight is 436 g/mol. The first kappa shape index (κ1) is 8.55. The third-order valence-corrected chi connectivity index (χ3v) is 3.55. The quantitative estimate of drug-likeness (QED) is 0.319. The highest BCUT2D eigenvalue weighted by molar-refractivity contribution is 5.36. The summed E-state index contributed by atoms with van der Waals surface area (Å²) < 4.78 is 166. The minimum absolute atomic E-state index is 0.0612. The molecular weight excluding hydrogens is 378 g/mol. The van der Waals surface area contributed by atoms with Crippen molar-refractivity contribution < 1.29 is 47.5 Å². The van der Waals surface area contributed by atoms with Gasteiger partial charge in [-0.15, -0.1) is 0 Å². The van der Waals surface area contributed by atoms with Crippen LogP contribution >= 0.6 is 0 Å². The summed E-state index contributed by atoms with van der Waals surface area (Å²) in [5.41, 5.74) is -1.83. The number of hydrogen-bond acceptors (Lipinski definition) is 5. The Hall–Kier alpha value is -1.92. The maximum Gasteiger partial charge on any atom is 0.121 e. The first-order valence-electron chi connectivity index (χ1n) is 18.9. The number of rotatable bonds is 16. The molecule has 5 nitrogen and oxygen atoms in total. The van der Waals surface area contributed by atoms with Crippen molar-refractivity contribution in [1.82, 2.24) is 5.32 Å². The Bertz CT molecular complexity index is 1510. The lowest BCUT2D eigenvalue weighted by Gasteiger charge is -2.14. The fourth-order valence-electron chi connectivity index (χ4n) is 2.13. The van der Waals surface area contributed by atoms with Gasteiger partial charge in [0.1, 0.15) is 5.75 Å². The molecule has 0 saturated carbocycles. The van der Waals surface area contributed by atoms with Crippen LogP contribution in [0.5, 0.6) is 5.75 Å². The Morgan fingerprint density at radius 3 is 2.67 bits per heavy atom. The van der Waals surface area contributed by atoms with Gasteiger partial charge in [-0.05, 0) is 61.7 Å².